The van der Waals surface area contributed by atoms with Crippen molar-refractivity contribution in [2.75, 3.05) is 7.11 Å². The Kier molecular flexibility index (Phi) is 5.60. The summed E-state index contributed by atoms with van der Waals surface area (Å²) < 4.78 is 5.14. The third kappa shape index (κ3) is 4.47. The van der Waals surface area contributed by atoms with Gasteiger partial charge in [-0.1, -0.05) is 35.9 Å². The van der Waals surface area contributed by atoms with E-state index in [4.69, 9.17) is 22.1 Å². The molecule has 5 nitrogen and oxygen atoms in total. The minimum atomic E-state index is -0.842. The Hall–Kier alpha value is -2.53. The van der Waals surface area contributed by atoms with Crippen molar-refractivity contribution in [2.45, 2.75) is 12.5 Å². The van der Waals surface area contributed by atoms with Crippen LogP contribution in [0.4, 0.5) is 0 Å². The molecule has 6 heteroatoms. The summed E-state index contributed by atoms with van der Waals surface area (Å²) in [4.78, 5) is 23.9. The zero-order valence-electron chi connectivity index (χ0n) is 12.6. The molecule has 2 amide bonds. The molecule has 120 valence electrons. The highest BCUT2D eigenvalue weighted by Crippen LogP contribution is 2.16. The Morgan fingerprint density at radius 2 is 1.96 bits per heavy atom. The lowest BCUT2D eigenvalue weighted by Crippen LogP contribution is -2.45. The smallest absolute Gasteiger partial charge is 0.253 e. The second kappa shape index (κ2) is 7.65. The first-order chi connectivity index (χ1) is 11.0. The maximum atomic E-state index is 12.3. The maximum Gasteiger partial charge on any atom is 0.253 e. The van der Waals surface area contributed by atoms with Gasteiger partial charge in [0.15, 0.2) is 0 Å². The van der Waals surface area contributed by atoms with Crippen molar-refractivity contribution >= 4 is 23.4 Å². The third-order valence-electron chi connectivity index (χ3n) is 3.34. The average Bonchev–Trinajstić information content (AvgIpc) is 2.54. The van der Waals surface area contributed by atoms with Gasteiger partial charge in [-0.15, -0.1) is 0 Å². The van der Waals surface area contributed by atoms with E-state index in [1.54, 1.807) is 43.5 Å². The molecule has 0 aliphatic rings. The molecule has 0 saturated heterocycles. The van der Waals surface area contributed by atoms with E-state index in [1.165, 1.54) is 0 Å². The van der Waals surface area contributed by atoms with E-state index in [2.05, 4.69) is 5.32 Å². The molecular formula is C17H17ClN2O3. The van der Waals surface area contributed by atoms with Crippen LogP contribution in [-0.4, -0.2) is 25.0 Å². The SMILES string of the molecule is COc1cccc(C[C@H](NC(=O)c2ccccc2Cl)C(N)=O)c1. The molecule has 0 aliphatic heterocycles. The van der Waals surface area contributed by atoms with E-state index in [1.807, 2.05) is 12.1 Å². The first kappa shape index (κ1) is 16.8. The van der Waals surface area contributed by atoms with E-state index in [9.17, 15) is 9.59 Å². The highest BCUT2D eigenvalue weighted by molar-refractivity contribution is 6.33. The summed E-state index contributed by atoms with van der Waals surface area (Å²) in [5.41, 5.74) is 6.53. The van der Waals surface area contributed by atoms with Gasteiger partial charge >= 0.3 is 0 Å². The number of ether oxygens (including phenoxy) is 1. The minimum Gasteiger partial charge on any atom is -0.497 e. The number of amides is 2. The second-order valence-electron chi connectivity index (χ2n) is 4.96. The minimum absolute atomic E-state index is 0.267. The van der Waals surface area contributed by atoms with Crippen molar-refractivity contribution in [3.63, 3.8) is 0 Å². The van der Waals surface area contributed by atoms with Gasteiger partial charge < -0.3 is 15.8 Å². The maximum absolute atomic E-state index is 12.3. The van der Waals surface area contributed by atoms with Crippen LogP contribution in [0, 0.1) is 0 Å². The Bertz CT molecular complexity index is 718. The van der Waals surface area contributed by atoms with Gasteiger partial charge in [-0.2, -0.15) is 0 Å². The fourth-order valence-electron chi connectivity index (χ4n) is 2.14. The molecule has 0 aromatic heterocycles. The predicted molar refractivity (Wildman–Crippen MR) is 88.6 cm³/mol. The normalized spacial score (nSPS) is 11.6. The standard InChI is InChI=1S/C17H17ClN2O3/c1-23-12-6-4-5-11(9-12)10-15(16(19)21)20-17(22)13-7-2-3-8-14(13)18/h2-9,15H,10H2,1H3,(H2,19,21)(H,20,22)/t15-/m0/s1. The monoisotopic (exact) mass is 332 g/mol. The summed E-state index contributed by atoms with van der Waals surface area (Å²) in [5, 5.41) is 2.94. The summed E-state index contributed by atoms with van der Waals surface area (Å²) in [7, 11) is 1.56. The Labute approximate surface area is 139 Å². The van der Waals surface area contributed by atoms with Gasteiger partial charge in [0.1, 0.15) is 11.8 Å². The lowest BCUT2D eigenvalue weighted by molar-refractivity contribution is -0.119. The zero-order chi connectivity index (χ0) is 16.8. The quantitative estimate of drug-likeness (QED) is 0.850. The van der Waals surface area contributed by atoms with Crippen molar-refractivity contribution in [3.05, 3.63) is 64.7 Å². The lowest BCUT2D eigenvalue weighted by atomic mass is 10.0. The van der Waals surface area contributed by atoms with Crippen LogP contribution in [0.5, 0.6) is 5.75 Å². The van der Waals surface area contributed by atoms with Gasteiger partial charge in [0.05, 0.1) is 17.7 Å². The highest BCUT2D eigenvalue weighted by atomic mass is 35.5. The number of primary amides is 1. The summed E-state index contributed by atoms with van der Waals surface area (Å²) >= 11 is 5.99. The molecular weight excluding hydrogens is 316 g/mol. The molecule has 0 bridgehead atoms. The molecule has 0 spiro atoms. The molecule has 0 radical (unpaired) electrons. The number of nitrogens with one attached hydrogen (secondary N) is 1. The molecule has 0 unspecified atom stereocenters. The Balaban J connectivity index is 2.14. The number of rotatable bonds is 6. The third-order valence-corrected chi connectivity index (χ3v) is 3.67. The van der Waals surface area contributed by atoms with E-state index in [0.717, 1.165) is 5.56 Å². The van der Waals surface area contributed by atoms with Crippen LogP contribution in [0.15, 0.2) is 48.5 Å². The number of methoxy groups -OCH3 is 1. The fourth-order valence-corrected chi connectivity index (χ4v) is 2.36. The first-order valence-electron chi connectivity index (χ1n) is 6.99. The molecule has 2 aromatic carbocycles. The number of hydrogen-bond acceptors (Lipinski definition) is 3. The molecule has 0 aliphatic carbocycles. The van der Waals surface area contributed by atoms with E-state index in [0.29, 0.717) is 16.3 Å². The summed E-state index contributed by atoms with van der Waals surface area (Å²) in [6.07, 6.45) is 0.267. The van der Waals surface area contributed by atoms with Crippen molar-refractivity contribution in [2.24, 2.45) is 5.73 Å². The number of nitrogens with two attached hydrogens (primary N) is 1. The largest absolute Gasteiger partial charge is 0.497 e. The second-order valence-corrected chi connectivity index (χ2v) is 5.37. The fraction of sp³-hybridized carbons (Fsp3) is 0.176. The van der Waals surface area contributed by atoms with Crippen LogP contribution >= 0.6 is 11.6 Å². The topological polar surface area (TPSA) is 81.4 Å². The van der Waals surface area contributed by atoms with Crippen LogP contribution in [0.2, 0.25) is 5.02 Å². The van der Waals surface area contributed by atoms with Crippen molar-refractivity contribution in [1.82, 2.24) is 5.32 Å². The Morgan fingerprint density at radius 3 is 2.61 bits per heavy atom. The van der Waals surface area contributed by atoms with Crippen LogP contribution in [-0.2, 0) is 11.2 Å². The van der Waals surface area contributed by atoms with Crippen molar-refractivity contribution < 1.29 is 14.3 Å². The van der Waals surface area contributed by atoms with Crippen molar-refractivity contribution in [3.8, 4) is 5.75 Å². The molecule has 0 fully saturated rings. The van der Waals surface area contributed by atoms with Gasteiger partial charge in [0.25, 0.3) is 5.91 Å². The molecule has 2 aromatic rings. The zero-order valence-corrected chi connectivity index (χ0v) is 13.3. The predicted octanol–water partition coefficient (Wildman–Crippen LogP) is 2.17. The number of halogens is 1. The van der Waals surface area contributed by atoms with Gasteiger partial charge in [0.2, 0.25) is 5.91 Å². The van der Waals surface area contributed by atoms with Crippen LogP contribution in [0.25, 0.3) is 0 Å². The Morgan fingerprint density at radius 1 is 1.22 bits per heavy atom. The van der Waals surface area contributed by atoms with Crippen LogP contribution in [0.3, 0.4) is 0 Å². The summed E-state index contributed by atoms with van der Waals surface area (Å²) in [5.74, 6) is -0.390. The van der Waals surface area contributed by atoms with Gasteiger partial charge in [-0.25, -0.2) is 0 Å². The van der Waals surface area contributed by atoms with Crippen molar-refractivity contribution in [1.29, 1.82) is 0 Å². The summed E-state index contributed by atoms with van der Waals surface area (Å²) in [6, 6.07) is 13.0. The van der Waals surface area contributed by atoms with E-state index in [-0.39, 0.29) is 6.42 Å². The number of carbonyl (C=O) groups is 2. The summed E-state index contributed by atoms with van der Waals surface area (Å²) in [6.45, 7) is 0. The number of benzene rings is 2. The highest BCUT2D eigenvalue weighted by Gasteiger charge is 2.20. The number of hydrogen-bond donors (Lipinski definition) is 2. The van der Waals surface area contributed by atoms with Crippen LogP contribution < -0.4 is 15.8 Å². The van der Waals surface area contributed by atoms with E-state index < -0.39 is 17.9 Å². The number of carbonyl (C=O) groups excluding carboxylic acids is 2. The van der Waals surface area contributed by atoms with E-state index >= 15 is 0 Å². The molecule has 2 rings (SSSR count). The average molecular weight is 333 g/mol. The lowest BCUT2D eigenvalue weighted by Gasteiger charge is -2.16. The molecule has 1 atom stereocenters. The van der Waals surface area contributed by atoms with Crippen LogP contribution in [0.1, 0.15) is 15.9 Å². The van der Waals surface area contributed by atoms with Gasteiger partial charge in [0, 0.05) is 6.42 Å². The molecule has 0 heterocycles. The molecule has 3 N–H and O–H groups in total. The van der Waals surface area contributed by atoms with Gasteiger partial charge in [-0.3, -0.25) is 9.59 Å². The molecule has 0 saturated carbocycles. The first-order valence-corrected chi connectivity index (χ1v) is 7.36. The van der Waals surface area contributed by atoms with Gasteiger partial charge in [-0.05, 0) is 29.8 Å². The molecule has 23 heavy (non-hydrogen) atoms.